The van der Waals surface area contributed by atoms with Crippen LogP contribution in [0.3, 0.4) is 0 Å². The third-order valence-corrected chi connectivity index (χ3v) is 8.34. The maximum Gasteiger partial charge on any atom is 0.232 e. The van der Waals surface area contributed by atoms with Gasteiger partial charge >= 0.3 is 0 Å². The molecule has 0 aliphatic carbocycles. The number of phenols is 3. The lowest BCUT2D eigenvalue weighted by atomic mass is 9.97. The van der Waals surface area contributed by atoms with Crippen molar-refractivity contribution >= 4 is 10.8 Å². The van der Waals surface area contributed by atoms with E-state index in [2.05, 4.69) is 13.8 Å². The summed E-state index contributed by atoms with van der Waals surface area (Å²) in [4.78, 5) is 13.2. The smallest absolute Gasteiger partial charge is 0.232 e. The summed E-state index contributed by atoms with van der Waals surface area (Å²) in [6.07, 6.45) is 25.0. The zero-order valence-corrected chi connectivity index (χ0v) is 25.4. The quantitative estimate of drug-likeness (QED) is 0.0854. The molecule has 2 aromatic carbocycles. The fourth-order valence-corrected chi connectivity index (χ4v) is 5.77. The lowest BCUT2D eigenvalue weighted by Gasteiger charge is -2.11. The van der Waals surface area contributed by atoms with Crippen molar-refractivity contribution in [3.8, 4) is 23.0 Å². The van der Waals surface area contributed by atoms with E-state index in [0.717, 1.165) is 38.5 Å². The summed E-state index contributed by atoms with van der Waals surface area (Å²) >= 11 is 0. The minimum Gasteiger partial charge on any atom is -0.504 e. The molecule has 5 nitrogen and oxygen atoms in total. The standard InChI is InChI=1S/C35H56O5/c1-3-5-7-9-11-13-15-17-19-21-23-27-25-26-28-29(24-22-20-18-16-14-12-10-8-6-4-2)32(37)35(40)34(39)30(28)33(38)31(27)36/h25-26,37,39-40H,3-24H2,1-2H3,(H,36,38). The number of fused-ring (bicyclic) bond motifs is 1. The Balaban J connectivity index is 1.98. The number of benzene rings is 1. The first-order chi connectivity index (χ1) is 19.4. The van der Waals surface area contributed by atoms with Crippen LogP contribution in [0.2, 0.25) is 0 Å². The average molecular weight is 557 g/mol. The summed E-state index contributed by atoms with van der Waals surface area (Å²) in [6.45, 7) is 4.46. The number of aryl methyl sites for hydroxylation is 2. The third kappa shape index (κ3) is 10.9. The molecule has 0 unspecified atom stereocenters. The van der Waals surface area contributed by atoms with E-state index in [9.17, 15) is 25.2 Å². The summed E-state index contributed by atoms with van der Waals surface area (Å²) in [6, 6.07) is 3.46. The Kier molecular flexibility index (Phi) is 16.6. The van der Waals surface area contributed by atoms with Crippen LogP contribution in [0.4, 0.5) is 0 Å². The lowest BCUT2D eigenvalue weighted by molar-refractivity contribution is 0.368. The molecule has 0 aliphatic heterocycles. The summed E-state index contributed by atoms with van der Waals surface area (Å²) in [5.41, 5.74) is 0.311. The van der Waals surface area contributed by atoms with Gasteiger partial charge in [-0.15, -0.1) is 0 Å². The first-order valence-electron chi connectivity index (χ1n) is 16.4. The van der Waals surface area contributed by atoms with E-state index in [1.54, 1.807) is 12.1 Å². The van der Waals surface area contributed by atoms with Crippen LogP contribution in [0.5, 0.6) is 23.0 Å². The number of unbranched alkanes of at least 4 members (excludes halogenated alkanes) is 18. The van der Waals surface area contributed by atoms with E-state index in [0.29, 0.717) is 29.4 Å². The number of phenolic OH excluding ortho intramolecular Hbond substituents is 3. The second kappa shape index (κ2) is 19.6. The maximum absolute atomic E-state index is 13.2. The summed E-state index contributed by atoms with van der Waals surface area (Å²) < 4.78 is 0. The largest absolute Gasteiger partial charge is 0.504 e. The monoisotopic (exact) mass is 556 g/mol. The van der Waals surface area contributed by atoms with Crippen LogP contribution in [-0.4, -0.2) is 20.4 Å². The molecule has 0 bridgehead atoms. The molecule has 0 aromatic heterocycles. The highest BCUT2D eigenvalue weighted by atomic mass is 16.3. The molecule has 0 amide bonds. The Hall–Kier alpha value is -2.43. The second-order valence-electron chi connectivity index (χ2n) is 11.7. The Morgan fingerprint density at radius 1 is 0.475 bits per heavy atom. The number of rotatable bonds is 22. The zero-order valence-electron chi connectivity index (χ0n) is 25.4. The van der Waals surface area contributed by atoms with Crippen molar-refractivity contribution in [1.82, 2.24) is 0 Å². The maximum atomic E-state index is 13.2. The second-order valence-corrected chi connectivity index (χ2v) is 11.7. The fraction of sp³-hybridized carbons (Fsp3) is 0.686. The predicted molar refractivity (Wildman–Crippen MR) is 168 cm³/mol. The SMILES string of the molecule is CCCCCCCCCCCCc1ccc2c(CCCCCCCCCCCC)c(O)c(O)c(O)c2c(=O)c1O. The van der Waals surface area contributed by atoms with Gasteiger partial charge in [-0.2, -0.15) is 0 Å². The minimum atomic E-state index is -0.695. The molecule has 2 aromatic rings. The molecular formula is C35H56O5. The van der Waals surface area contributed by atoms with Gasteiger partial charge < -0.3 is 20.4 Å². The normalized spacial score (nSPS) is 11.4. The van der Waals surface area contributed by atoms with Gasteiger partial charge in [0.1, 0.15) is 0 Å². The zero-order chi connectivity index (χ0) is 29.2. The van der Waals surface area contributed by atoms with E-state index in [-0.39, 0.29) is 16.9 Å². The van der Waals surface area contributed by atoms with Gasteiger partial charge in [0.15, 0.2) is 17.2 Å². The Bertz CT molecular complexity index is 1060. The van der Waals surface area contributed by atoms with Crippen LogP contribution in [0.15, 0.2) is 16.9 Å². The van der Waals surface area contributed by atoms with Crippen molar-refractivity contribution in [2.24, 2.45) is 0 Å². The molecule has 226 valence electrons. The molecule has 0 radical (unpaired) electrons. The lowest BCUT2D eigenvalue weighted by Crippen LogP contribution is -2.02. The van der Waals surface area contributed by atoms with E-state index < -0.39 is 16.9 Å². The van der Waals surface area contributed by atoms with Crippen LogP contribution in [0.1, 0.15) is 153 Å². The van der Waals surface area contributed by atoms with Gasteiger partial charge in [-0.25, -0.2) is 0 Å². The van der Waals surface area contributed by atoms with Crippen LogP contribution in [-0.2, 0) is 12.8 Å². The first kappa shape index (κ1) is 33.8. The van der Waals surface area contributed by atoms with Crippen molar-refractivity contribution in [3.05, 3.63) is 33.5 Å². The molecule has 0 atom stereocenters. The highest BCUT2D eigenvalue weighted by Gasteiger charge is 2.21. The van der Waals surface area contributed by atoms with E-state index in [4.69, 9.17) is 0 Å². The highest BCUT2D eigenvalue weighted by molar-refractivity contribution is 5.96. The van der Waals surface area contributed by atoms with Crippen molar-refractivity contribution in [2.75, 3.05) is 0 Å². The van der Waals surface area contributed by atoms with Crippen LogP contribution in [0, 0.1) is 0 Å². The van der Waals surface area contributed by atoms with Gasteiger partial charge in [-0.3, -0.25) is 4.79 Å². The molecule has 0 saturated carbocycles. The molecule has 0 spiro atoms. The Morgan fingerprint density at radius 2 is 0.900 bits per heavy atom. The predicted octanol–water partition coefficient (Wildman–Crippen LogP) is 9.95. The fourth-order valence-electron chi connectivity index (χ4n) is 5.77. The van der Waals surface area contributed by atoms with Crippen LogP contribution >= 0.6 is 0 Å². The highest BCUT2D eigenvalue weighted by Crippen LogP contribution is 2.44. The number of aromatic hydroxyl groups is 4. The van der Waals surface area contributed by atoms with E-state index in [1.165, 1.54) is 89.9 Å². The van der Waals surface area contributed by atoms with Gasteiger partial charge in [-0.1, -0.05) is 142 Å². The molecule has 4 N–H and O–H groups in total. The Morgan fingerprint density at radius 3 is 1.38 bits per heavy atom. The van der Waals surface area contributed by atoms with Crippen molar-refractivity contribution in [1.29, 1.82) is 0 Å². The summed E-state index contributed by atoms with van der Waals surface area (Å²) in [5, 5.41) is 42.7. The van der Waals surface area contributed by atoms with Gasteiger partial charge in [0, 0.05) is 5.56 Å². The molecule has 0 saturated heterocycles. The molecule has 2 rings (SSSR count). The van der Waals surface area contributed by atoms with Gasteiger partial charge in [0.25, 0.3) is 0 Å². The van der Waals surface area contributed by atoms with E-state index >= 15 is 0 Å². The topological polar surface area (TPSA) is 98.0 Å². The summed E-state index contributed by atoms with van der Waals surface area (Å²) in [5.74, 6) is -2.10. The molecule has 5 heteroatoms. The third-order valence-electron chi connectivity index (χ3n) is 8.34. The van der Waals surface area contributed by atoms with Gasteiger partial charge in [-0.05, 0) is 36.6 Å². The minimum absolute atomic E-state index is 0.121. The van der Waals surface area contributed by atoms with Crippen LogP contribution in [0.25, 0.3) is 10.8 Å². The van der Waals surface area contributed by atoms with Gasteiger partial charge in [0.05, 0.1) is 5.39 Å². The summed E-state index contributed by atoms with van der Waals surface area (Å²) in [7, 11) is 0. The number of hydrogen-bond acceptors (Lipinski definition) is 5. The average Bonchev–Trinajstić information content (AvgIpc) is 3.07. The van der Waals surface area contributed by atoms with Crippen molar-refractivity contribution < 1.29 is 20.4 Å². The van der Waals surface area contributed by atoms with E-state index in [1.807, 2.05) is 0 Å². The molecule has 0 aliphatic rings. The molecule has 0 fully saturated rings. The molecule has 0 heterocycles. The Labute approximate surface area is 242 Å². The van der Waals surface area contributed by atoms with Crippen molar-refractivity contribution in [2.45, 2.75) is 155 Å². The first-order valence-corrected chi connectivity index (χ1v) is 16.4. The van der Waals surface area contributed by atoms with Crippen molar-refractivity contribution in [3.63, 3.8) is 0 Å². The number of hydrogen-bond donors (Lipinski definition) is 4. The van der Waals surface area contributed by atoms with Crippen LogP contribution < -0.4 is 5.43 Å². The molecular weight excluding hydrogens is 500 g/mol. The van der Waals surface area contributed by atoms with Gasteiger partial charge in [0.2, 0.25) is 11.2 Å². The molecule has 40 heavy (non-hydrogen) atoms.